The van der Waals surface area contributed by atoms with Gasteiger partial charge in [0.15, 0.2) is 0 Å². The van der Waals surface area contributed by atoms with E-state index in [0.29, 0.717) is 5.56 Å². The number of hydrogen-bond donors (Lipinski definition) is 2. The predicted molar refractivity (Wildman–Crippen MR) is 89.1 cm³/mol. The van der Waals surface area contributed by atoms with E-state index in [1.165, 1.54) is 0 Å². The van der Waals surface area contributed by atoms with Gasteiger partial charge in [-0.3, -0.25) is 9.63 Å². The minimum absolute atomic E-state index is 0.243. The maximum Gasteiger partial charge on any atom is 0.274 e. The topological polar surface area (TPSA) is 50.4 Å². The van der Waals surface area contributed by atoms with Crippen LogP contribution in [0.4, 0.5) is 11.4 Å². The van der Waals surface area contributed by atoms with Crippen molar-refractivity contribution in [2.45, 2.75) is 32.8 Å². The van der Waals surface area contributed by atoms with Crippen LogP contribution in [0.25, 0.3) is 0 Å². The molecule has 0 saturated heterocycles. The van der Waals surface area contributed by atoms with E-state index in [-0.39, 0.29) is 11.5 Å². The van der Waals surface area contributed by atoms with Crippen LogP contribution in [-0.2, 0) is 4.84 Å². The smallest absolute Gasteiger partial charge is 0.274 e. The number of hydroxylamine groups is 1. The molecule has 0 saturated carbocycles. The number of hydrogen-bond acceptors (Lipinski definition) is 3. The fraction of sp³-hybridized carbons (Fsp3) is 0.278. The Bertz CT molecular complexity index is 607. The first-order valence-electron chi connectivity index (χ1n) is 7.41. The fourth-order valence-corrected chi connectivity index (χ4v) is 1.71. The van der Waals surface area contributed by atoms with E-state index < -0.39 is 0 Å². The fourth-order valence-electron chi connectivity index (χ4n) is 1.71. The Kier molecular flexibility index (Phi) is 5.17. The molecule has 1 amide bonds. The van der Waals surface area contributed by atoms with Crippen LogP contribution < -0.4 is 10.8 Å². The van der Waals surface area contributed by atoms with Crippen LogP contribution in [-0.4, -0.2) is 11.5 Å². The van der Waals surface area contributed by atoms with Gasteiger partial charge in [0.25, 0.3) is 5.91 Å². The van der Waals surface area contributed by atoms with Crippen molar-refractivity contribution in [1.29, 1.82) is 0 Å². The normalized spacial score (nSPS) is 11.0. The average Bonchev–Trinajstić information content (AvgIpc) is 2.54. The summed E-state index contributed by atoms with van der Waals surface area (Å²) < 4.78 is 0. The molecule has 2 rings (SSSR count). The van der Waals surface area contributed by atoms with Crippen molar-refractivity contribution >= 4 is 17.3 Å². The molecule has 0 aliphatic carbocycles. The molecule has 2 N–H and O–H groups in total. The monoisotopic (exact) mass is 298 g/mol. The molecule has 116 valence electrons. The number of para-hydroxylation sites is 1. The van der Waals surface area contributed by atoms with Crippen LogP contribution in [0.1, 0.15) is 37.6 Å². The van der Waals surface area contributed by atoms with E-state index in [9.17, 15) is 4.79 Å². The molecule has 0 heterocycles. The largest absolute Gasteiger partial charge is 0.356 e. The summed E-state index contributed by atoms with van der Waals surface area (Å²) in [4.78, 5) is 17.4. The molecule has 0 aromatic heterocycles. The van der Waals surface area contributed by atoms with Crippen LogP contribution in [0.15, 0.2) is 54.6 Å². The maximum absolute atomic E-state index is 12.0. The second kappa shape index (κ2) is 7.09. The zero-order chi connectivity index (χ0) is 16.0. The highest BCUT2D eigenvalue weighted by Crippen LogP contribution is 2.17. The molecule has 0 spiro atoms. The molecule has 2 aromatic rings. The van der Waals surface area contributed by atoms with Gasteiger partial charge in [-0.2, -0.15) is 0 Å². The van der Waals surface area contributed by atoms with Gasteiger partial charge in [0.2, 0.25) is 0 Å². The second-order valence-electron chi connectivity index (χ2n) is 5.71. The van der Waals surface area contributed by atoms with Gasteiger partial charge in [-0.25, -0.2) is 5.48 Å². The molecule has 0 bridgehead atoms. The Morgan fingerprint density at radius 3 is 2.18 bits per heavy atom. The van der Waals surface area contributed by atoms with Gasteiger partial charge in [0.05, 0.1) is 5.60 Å². The first-order chi connectivity index (χ1) is 10.5. The van der Waals surface area contributed by atoms with Gasteiger partial charge in [-0.15, -0.1) is 0 Å². The Hall–Kier alpha value is -2.33. The van der Waals surface area contributed by atoms with Gasteiger partial charge in [-0.1, -0.05) is 25.1 Å². The van der Waals surface area contributed by atoms with Gasteiger partial charge < -0.3 is 5.32 Å². The summed E-state index contributed by atoms with van der Waals surface area (Å²) in [6.07, 6.45) is 0.813. The van der Waals surface area contributed by atoms with Crippen molar-refractivity contribution in [3.8, 4) is 0 Å². The van der Waals surface area contributed by atoms with Gasteiger partial charge in [0.1, 0.15) is 0 Å². The predicted octanol–water partition coefficient (Wildman–Crippen LogP) is 4.28. The van der Waals surface area contributed by atoms with Crippen LogP contribution in [0.2, 0.25) is 0 Å². The molecule has 0 fully saturated rings. The summed E-state index contributed by atoms with van der Waals surface area (Å²) in [6.45, 7) is 5.87. The molecular weight excluding hydrogens is 276 g/mol. The van der Waals surface area contributed by atoms with Crippen molar-refractivity contribution < 1.29 is 9.63 Å². The van der Waals surface area contributed by atoms with Crippen LogP contribution in [0.5, 0.6) is 0 Å². The van der Waals surface area contributed by atoms with Gasteiger partial charge in [0, 0.05) is 16.9 Å². The van der Waals surface area contributed by atoms with E-state index >= 15 is 0 Å². The summed E-state index contributed by atoms with van der Waals surface area (Å²) in [5, 5.41) is 3.27. The molecule has 2 aromatic carbocycles. The molecule has 0 atom stereocenters. The zero-order valence-electron chi connectivity index (χ0n) is 13.2. The van der Waals surface area contributed by atoms with Gasteiger partial charge in [-0.05, 0) is 56.7 Å². The third kappa shape index (κ3) is 4.60. The lowest BCUT2D eigenvalue weighted by Gasteiger charge is -2.22. The van der Waals surface area contributed by atoms with E-state index in [1.54, 1.807) is 12.1 Å². The lowest BCUT2D eigenvalue weighted by molar-refractivity contribution is -0.0720. The lowest BCUT2D eigenvalue weighted by Crippen LogP contribution is -2.35. The first kappa shape index (κ1) is 16.0. The number of nitrogens with one attached hydrogen (secondary N) is 2. The zero-order valence-corrected chi connectivity index (χ0v) is 13.2. The van der Waals surface area contributed by atoms with Crippen molar-refractivity contribution in [1.82, 2.24) is 5.48 Å². The Balaban J connectivity index is 1.95. The summed E-state index contributed by atoms with van der Waals surface area (Å²) >= 11 is 0. The molecule has 0 radical (unpaired) electrons. The van der Waals surface area contributed by atoms with E-state index in [4.69, 9.17) is 4.84 Å². The molecule has 4 nitrogen and oxygen atoms in total. The van der Waals surface area contributed by atoms with E-state index in [2.05, 4.69) is 10.8 Å². The van der Waals surface area contributed by atoms with E-state index in [0.717, 1.165) is 17.8 Å². The highest BCUT2D eigenvalue weighted by Gasteiger charge is 2.17. The van der Waals surface area contributed by atoms with Crippen LogP contribution in [0.3, 0.4) is 0 Å². The first-order valence-corrected chi connectivity index (χ1v) is 7.41. The van der Waals surface area contributed by atoms with Crippen molar-refractivity contribution in [3.05, 3.63) is 60.2 Å². The third-order valence-electron chi connectivity index (χ3n) is 3.48. The van der Waals surface area contributed by atoms with Crippen molar-refractivity contribution in [2.24, 2.45) is 0 Å². The minimum atomic E-state index is -0.371. The Morgan fingerprint density at radius 2 is 1.59 bits per heavy atom. The van der Waals surface area contributed by atoms with E-state index in [1.807, 2.05) is 63.2 Å². The molecule has 4 heteroatoms. The number of rotatable bonds is 6. The number of carbonyl (C=O) groups excluding carboxylic acids is 1. The summed E-state index contributed by atoms with van der Waals surface area (Å²) in [5.41, 5.74) is 4.63. The van der Waals surface area contributed by atoms with Gasteiger partial charge >= 0.3 is 0 Å². The van der Waals surface area contributed by atoms with Crippen LogP contribution >= 0.6 is 0 Å². The lowest BCUT2D eigenvalue weighted by atomic mass is 10.1. The number of amides is 1. The molecule has 0 unspecified atom stereocenters. The molecule has 0 aliphatic heterocycles. The molecule has 0 aliphatic rings. The standard InChI is InChI=1S/C18H22N2O2/c1-4-18(2,3)22-20-17(21)14-10-12-16(13-11-14)19-15-8-6-5-7-9-15/h5-13,19H,4H2,1-3H3,(H,20,21). The molecular formula is C18H22N2O2. The van der Waals surface area contributed by atoms with Crippen molar-refractivity contribution in [3.63, 3.8) is 0 Å². The van der Waals surface area contributed by atoms with Crippen LogP contribution in [0, 0.1) is 0 Å². The number of benzene rings is 2. The number of carbonyl (C=O) groups is 1. The van der Waals surface area contributed by atoms with Crippen molar-refractivity contribution in [2.75, 3.05) is 5.32 Å². The number of anilines is 2. The average molecular weight is 298 g/mol. The highest BCUT2D eigenvalue weighted by atomic mass is 16.7. The summed E-state index contributed by atoms with van der Waals surface area (Å²) in [6, 6.07) is 17.2. The highest BCUT2D eigenvalue weighted by molar-refractivity contribution is 5.93. The SMILES string of the molecule is CCC(C)(C)ONC(=O)c1ccc(Nc2ccccc2)cc1. The minimum Gasteiger partial charge on any atom is -0.356 e. The second-order valence-corrected chi connectivity index (χ2v) is 5.71. The quantitative estimate of drug-likeness (QED) is 0.783. The Morgan fingerprint density at radius 1 is 1.00 bits per heavy atom. The maximum atomic E-state index is 12.0. The third-order valence-corrected chi connectivity index (χ3v) is 3.48. The summed E-state index contributed by atoms with van der Waals surface area (Å²) in [7, 11) is 0. The molecule has 22 heavy (non-hydrogen) atoms. The summed E-state index contributed by atoms with van der Waals surface area (Å²) in [5.74, 6) is -0.243. The Labute approximate surface area is 131 Å².